The van der Waals surface area contributed by atoms with Gasteiger partial charge in [-0.25, -0.2) is 4.79 Å². The number of aromatic nitrogens is 2. The van der Waals surface area contributed by atoms with Crippen molar-refractivity contribution in [3.63, 3.8) is 0 Å². The van der Waals surface area contributed by atoms with Crippen molar-refractivity contribution in [2.75, 3.05) is 13.2 Å². The molecule has 1 aliphatic heterocycles. The molecule has 9 heteroatoms. The predicted octanol–water partition coefficient (Wildman–Crippen LogP) is -3.52. The van der Waals surface area contributed by atoms with Gasteiger partial charge in [-0.2, -0.15) is 0 Å². The van der Waals surface area contributed by atoms with Gasteiger partial charge in [-0.1, -0.05) is 5.92 Å². The van der Waals surface area contributed by atoms with Gasteiger partial charge in [0.25, 0.3) is 5.56 Å². The third kappa shape index (κ3) is 2.51. The summed E-state index contributed by atoms with van der Waals surface area (Å²) in [5.74, 6) is 0.366. The first-order chi connectivity index (χ1) is 9.96. The Labute approximate surface area is 118 Å². The third-order valence-corrected chi connectivity index (χ3v) is 3.24. The first-order valence-corrected chi connectivity index (χ1v) is 6.12. The number of ether oxygens (including phenoxy) is 1. The van der Waals surface area contributed by atoms with Crippen LogP contribution in [0.5, 0.6) is 0 Å². The number of H-pyrrole nitrogens is 1. The minimum Gasteiger partial charge on any atom is -0.394 e. The van der Waals surface area contributed by atoms with E-state index in [1.165, 1.54) is 0 Å². The van der Waals surface area contributed by atoms with Gasteiger partial charge in [0.05, 0.1) is 13.2 Å². The van der Waals surface area contributed by atoms with Crippen LogP contribution >= 0.6 is 0 Å². The van der Waals surface area contributed by atoms with Gasteiger partial charge >= 0.3 is 5.69 Å². The number of terminal acetylenes is 1. The fraction of sp³-hybridized carbons (Fsp3) is 0.500. The molecule has 0 bridgehead atoms. The second-order valence-corrected chi connectivity index (χ2v) is 4.51. The molecule has 1 aromatic heterocycles. The van der Waals surface area contributed by atoms with E-state index in [1.807, 2.05) is 4.98 Å². The topological polar surface area (TPSA) is 137 Å². The number of nitrogens with zero attached hydrogens (tertiary/aromatic N) is 1. The van der Waals surface area contributed by atoms with E-state index in [0.717, 1.165) is 16.8 Å². The lowest BCUT2D eigenvalue weighted by Crippen LogP contribution is -2.60. The number of hydrogen-bond donors (Lipinski definition) is 5. The summed E-state index contributed by atoms with van der Waals surface area (Å²) < 4.78 is 6.29. The van der Waals surface area contributed by atoms with Crippen LogP contribution in [-0.4, -0.2) is 56.3 Å². The monoisotopic (exact) mass is 297 g/mol. The van der Waals surface area contributed by atoms with Crippen LogP contribution in [0.3, 0.4) is 0 Å². The highest BCUT2D eigenvalue weighted by atomic mass is 16.6. The molecule has 0 amide bonds. The molecular formula is C12H15N3O6. The minimum absolute atomic E-state index is 0.0898. The Morgan fingerprint density at radius 1 is 1.52 bits per heavy atom. The van der Waals surface area contributed by atoms with Crippen LogP contribution in [0.1, 0.15) is 0 Å². The maximum absolute atomic E-state index is 11.9. The fourth-order valence-corrected chi connectivity index (χ4v) is 2.24. The van der Waals surface area contributed by atoms with Crippen molar-refractivity contribution in [3.05, 3.63) is 33.1 Å². The van der Waals surface area contributed by atoms with Crippen LogP contribution in [-0.2, 0) is 10.6 Å². The van der Waals surface area contributed by atoms with Gasteiger partial charge in [0.2, 0.25) is 5.85 Å². The smallest absolute Gasteiger partial charge is 0.331 e. The van der Waals surface area contributed by atoms with Gasteiger partial charge in [-0.05, 0) is 0 Å². The Balaban J connectivity index is 2.55. The van der Waals surface area contributed by atoms with Crippen LogP contribution in [0.2, 0.25) is 0 Å². The summed E-state index contributed by atoms with van der Waals surface area (Å²) >= 11 is 0. The SMILES string of the molecule is C#CCN[C@@]1(n2ccc(=O)[nH]c2=O)O[C@H](CO)[C@@H](O)[C@H]1O. The quantitative estimate of drug-likeness (QED) is 0.363. The number of aromatic amines is 1. The van der Waals surface area contributed by atoms with Crippen molar-refractivity contribution in [1.29, 1.82) is 0 Å². The average molecular weight is 297 g/mol. The molecule has 1 saturated heterocycles. The van der Waals surface area contributed by atoms with E-state index in [9.17, 15) is 19.8 Å². The zero-order valence-corrected chi connectivity index (χ0v) is 10.9. The number of nitrogens with one attached hydrogen (secondary N) is 2. The second kappa shape index (κ2) is 5.80. The lowest BCUT2D eigenvalue weighted by molar-refractivity contribution is -0.170. The van der Waals surface area contributed by atoms with E-state index in [-0.39, 0.29) is 6.54 Å². The molecule has 1 aromatic rings. The first-order valence-electron chi connectivity index (χ1n) is 6.12. The van der Waals surface area contributed by atoms with Gasteiger partial charge < -0.3 is 20.1 Å². The highest BCUT2D eigenvalue weighted by Crippen LogP contribution is 2.32. The molecule has 4 atom stereocenters. The molecule has 1 fully saturated rings. The van der Waals surface area contributed by atoms with Crippen LogP contribution < -0.4 is 16.6 Å². The molecule has 114 valence electrons. The van der Waals surface area contributed by atoms with Gasteiger partial charge in [0, 0.05) is 12.3 Å². The van der Waals surface area contributed by atoms with E-state index in [0.29, 0.717) is 0 Å². The largest absolute Gasteiger partial charge is 0.394 e. The predicted molar refractivity (Wildman–Crippen MR) is 70.1 cm³/mol. The summed E-state index contributed by atoms with van der Waals surface area (Å²) in [5.41, 5.74) is -1.49. The van der Waals surface area contributed by atoms with Crippen LogP contribution in [0, 0.1) is 12.3 Å². The Hall–Kier alpha value is -1.96. The van der Waals surface area contributed by atoms with Crippen molar-refractivity contribution >= 4 is 0 Å². The summed E-state index contributed by atoms with van der Waals surface area (Å²) in [5, 5.41) is 31.9. The zero-order chi connectivity index (χ0) is 15.6. The molecule has 2 heterocycles. The molecule has 0 spiro atoms. The van der Waals surface area contributed by atoms with Crippen LogP contribution in [0.25, 0.3) is 0 Å². The van der Waals surface area contributed by atoms with Crippen molar-refractivity contribution in [3.8, 4) is 12.3 Å². The first kappa shape index (κ1) is 15.4. The molecule has 0 aromatic carbocycles. The third-order valence-electron chi connectivity index (χ3n) is 3.24. The molecule has 0 saturated carbocycles. The lowest BCUT2D eigenvalue weighted by atomic mass is 10.1. The van der Waals surface area contributed by atoms with E-state index >= 15 is 0 Å². The maximum atomic E-state index is 11.9. The summed E-state index contributed by atoms with van der Waals surface area (Å²) in [4.78, 5) is 25.1. The summed E-state index contributed by atoms with van der Waals surface area (Å²) in [7, 11) is 0. The molecule has 9 nitrogen and oxygen atoms in total. The highest BCUT2D eigenvalue weighted by molar-refractivity contribution is 5.02. The molecule has 0 unspecified atom stereocenters. The van der Waals surface area contributed by atoms with Crippen LogP contribution in [0.15, 0.2) is 21.9 Å². The highest BCUT2D eigenvalue weighted by Gasteiger charge is 2.55. The van der Waals surface area contributed by atoms with E-state index in [2.05, 4.69) is 11.2 Å². The van der Waals surface area contributed by atoms with Crippen molar-refractivity contribution in [1.82, 2.24) is 14.9 Å². The zero-order valence-electron chi connectivity index (χ0n) is 10.9. The van der Waals surface area contributed by atoms with E-state index < -0.39 is 42.0 Å². The Bertz CT molecular complexity index is 662. The molecule has 2 rings (SSSR count). The Morgan fingerprint density at radius 3 is 2.76 bits per heavy atom. The van der Waals surface area contributed by atoms with Gasteiger partial charge in [-0.15, -0.1) is 6.42 Å². The number of aliphatic hydroxyl groups is 3. The molecule has 5 N–H and O–H groups in total. The van der Waals surface area contributed by atoms with Gasteiger partial charge in [0.15, 0.2) is 0 Å². The average Bonchev–Trinajstić information content (AvgIpc) is 2.70. The molecule has 1 aliphatic rings. The molecule has 21 heavy (non-hydrogen) atoms. The Kier molecular flexibility index (Phi) is 4.26. The van der Waals surface area contributed by atoms with E-state index in [1.54, 1.807) is 0 Å². The van der Waals surface area contributed by atoms with Gasteiger partial charge in [0.1, 0.15) is 18.3 Å². The summed E-state index contributed by atoms with van der Waals surface area (Å²) in [6.45, 7) is -0.663. The standard InChI is InChI=1S/C12H15N3O6/c1-2-4-13-12(10(19)9(18)7(6-16)21-12)15-5-3-8(17)14-11(15)20/h1,3,5,7,9-10,13,16,18-19H,4,6H2,(H,14,17,20)/t7-,9-,10-,12+/m1/s1. The van der Waals surface area contributed by atoms with E-state index in [4.69, 9.17) is 16.3 Å². The Morgan fingerprint density at radius 2 is 2.24 bits per heavy atom. The van der Waals surface area contributed by atoms with Crippen molar-refractivity contribution in [2.45, 2.75) is 24.2 Å². The molecular weight excluding hydrogens is 282 g/mol. The van der Waals surface area contributed by atoms with Crippen molar-refractivity contribution in [2.24, 2.45) is 0 Å². The molecule has 0 radical (unpaired) electrons. The maximum Gasteiger partial charge on any atom is 0.331 e. The lowest BCUT2D eigenvalue weighted by Gasteiger charge is -2.33. The second-order valence-electron chi connectivity index (χ2n) is 4.51. The number of rotatable bonds is 4. The normalized spacial score (nSPS) is 32.0. The number of aliphatic hydroxyl groups excluding tert-OH is 3. The number of hydrogen-bond acceptors (Lipinski definition) is 7. The minimum atomic E-state index is -1.89. The van der Waals surface area contributed by atoms with Crippen molar-refractivity contribution < 1.29 is 20.1 Å². The van der Waals surface area contributed by atoms with Crippen LogP contribution in [0.4, 0.5) is 0 Å². The summed E-state index contributed by atoms with van der Waals surface area (Å²) in [6.07, 6.45) is 2.09. The summed E-state index contributed by atoms with van der Waals surface area (Å²) in [6, 6.07) is 1.05. The molecule has 0 aliphatic carbocycles. The fourth-order valence-electron chi connectivity index (χ4n) is 2.24. The van der Waals surface area contributed by atoms with Gasteiger partial charge in [-0.3, -0.25) is 19.7 Å².